The molecule has 1 saturated carbocycles. The first-order valence-corrected chi connectivity index (χ1v) is 5.47. The molecule has 1 N–H and O–H groups in total. The van der Waals surface area contributed by atoms with Crippen molar-refractivity contribution in [1.29, 1.82) is 0 Å². The van der Waals surface area contributed by atoms with Crippen LogP contribution >= 0.6 is 0 Å². The highest BCUT2D eigenvalue weighted by molar-refractivity contribution is 5.84. The molecule has 1 fully saturated rings. The average Bonchev–Trinajstić information content (AvgIpc) is 3.08. The van der Waals surface area contributed by atoms with Crippen LogP contribution in [0.15, 0.2) is 42.5 Å². The molecular formula is C14H12O2. The summed E-state index contributed by atoms with van der Waals surface area (Å²) >= 11 is 0. The Bertz CT molecular complexity index is 559. The molecule has 1 aliphatic carbocycles. The lowest BCUT2D eigenvalue weighted by atomic mass is 10.0. The lowest BCUT2D eigenvalue weighted by molar-refractivity contribution is -0.138. The van der Waals surface area contributed by atoms with Gasteiger partial charge in [0, 0.05) is 0 Å². The molecule has 80 valence electrons. The monoisotopic (exact) mass is 212 g/mol. The molecule has 2 heteroatoms. The first kappa shape index (κ1) is 9.40. The van der Waals surface area contributed by atoms with Crippen molar-refractivity contribution >= 4 is 16.7 Å². The van der Waals surface area contributed by atoms with Gasteiger partial charge in [-0.15, -0.1) is 0 Å². The molecule has 0 amide bonds. The van der Waals surface area contributed by atoms with E-state index in [1.54, 1.807) is 0 Å². The summed E-state index contributed by atoms with van der Waals surface area (Å²) < 4.78 is 0. The van der Waals surface area contributed by atoms with E-state index < -0.39 is 5.97 Å². The van der Waals surface area contributed by atoms with Crippen LogP contribution in [0, 0.1) is 5.92 Å². The Labute approximate surface area is 93.5 Å². The van der Waals surface area contributed by atoms with Crippen LogP contribution in [0.1, 0.15) is 17.9 Å². The van der Waals surface area contributed by atoms with Crippen LogP contribution in [0.4, 0.5) is 0 Å². The zero-order valence-corrected chi connectivity index (χ0v) is 8.76. The minimum absolute atomic E-state index is 0.166. The Morgan fingerprint density at radius 2 is 1.88 bits per heavy atom. The van der Waals surface area contributed by atoms with Gasteiger partial charge >= 0.3 is 5.97 Å². The van der Waals surface area contributed by atoms with Gasteiger partial charge in [0.25, 0.3) is 0 Å². The van der Waals surface area contributed by atoms with Gasteiger partial charge < -0.3 is 5.11 Å². The maximum absolute atomic E-state index is 10.8. The molecule has 2 aromatic carbocycles. The third kappa shape index (κ3) is 1.47. The molecule has 0 bridgehead atoms. The SMILES string of the molecule is O=C(O)C1CC1c1ccc2ccccc2c1. The van der Waals surface area contributed by atoms with E-state index in [0.717, 1.165) is 12.0 Å². The third-order valence-corrected chi connectivity index (χ3v) is 3.31. The summed E-state index contributed by atoms with van der Waals surface area (Å²) in [6.07, 6.45) is 0.785. The largest absolute Gasteiger partial charge is 0.481 e. The Morgan fingerprint density at radius 3 is 2.56 bits per heavy atom. The van der Waals surface area contributed by atoms with E-state index in [4.69, 9.17) is 5.11 Å². The van der Waals surface area contributed by atoms with Crippen molar-refractivity contribution in [2.24, 2.45) is 5.92 Å². The molecule has 0 heterocycles. The van der Waals surface area contributed by atoms with E-state index in [9.17, 15) is 4.79 Å². The number of rotatable bonds is 2. The zero-order chi connectivity index (χ0) is 11.1. The number of hydrogen-bond donors (Lipinski definition) is 1. The van der Waals surface area contributed by atoms with Crippen LogP contribution in [0.3, 0.4) is 0 Å². The lowest BCUT2D eigenvalue weighted by Gasteiger charge is -2.02. The lowest BCUT2D eigenvalue weighted by Crippen LogP contribution is -1.98. The molecule has 2 unspecified atom stereocenters. The number of carboxylic acids is 1. The van der Waals surface area contributed by atoms with Gasteiger partial charge in [-0.1, -0.05) is 42.5 Å². The van der Waals surface area contributed by atoms with Crippen LogP contribution in [0.2, 0.25) is 0 Å². The van der Waals surface area contributed by atoms with Crippen LogP contribution in [0.5, 0.6) is 0 Å². The second-order valence-corrected chi connectivity index (χ2v) is 4.39. The van der Waals surface area contributed by atoms with Gasteiger partial charge in [-0.05, 0) is 28.7 Å². The smallest absolute Gasteiger partial charge is 0.307 e. The number of benzene rings is 2. The molecule has 2 atom stereocenters. The van der Waals surface area contributed by atoms with Gasteiger partial charge in [-0.2, -0.15) is 0 Å². The van der Waals surface area contributed by atoms with Crippen LogP contribution in [-0.4, -0.2) is 11.1 Å². The van der Waals surface area contributed by atoms with Gasteiger partial charge in [-0.3, -0.25) is 4.79 Å². The van der Waals surface area contributed by atoms with Gasteiger partial charge in [0.2, 0.25) is 0 Å². The van der Waals surface area contributed by atoms with Crippen molar-refractivity contribution in [2.75, 3.05) is 0 Å². The molecule has 1 aliphatic rings. The molecule has 3 rings (SSSR count). The van der Waals surface area contributed by atoms with E-state index in [1.165, 1.54) is 10.8 Å². The van der Waals surface area contributed by atoms with Crippen LogP contribution in [-0.2, 0) is 4.79 Å². The van der Waals surface area contributed by atoms with E-state index >= 15 is 0 Å². The van der Waals surface area contributed by atoms with Gasteiger partial charge in [0.1, 0.15) is 0 Å². The summed E-state index contributed by atoms with van der Waals surface area (Å²) in [4.78, 5) is 10.8. The summed E-state index contributed by atoms with van der Waals surface area (Å²) in [5.41, 5.74) is 1.16. The maximum atomic E-state index is 10.8. The van der Waals surface area contributed by atoms with Crippen LogP contribution in [0.25, 0.3) is 10.8 Å². The Hall–Kier alpha value is -1.83. The Kier molecular flexibility index (Phi) is 1.96. The minimum atomic E-state index is -0.668. The second-order valence-electron chi connectivity index (χ2n) is 4.39. The first-order chi connectivity index (χ1) is 7.75. The fourth-order valence-corrected chi connectivity index (χ4v) is 2.27. The molecular weight excluding hydrogens is 200 g/mol. The highest BCUT2D eigenvalue weighted by Gasteiger charge is 2.44. The van der Waals surface area contributed by atoms with Crippen molar-refractivity contribution in [3.63, 3.8) is 0 Å². The summed E-state index contributed by atoms with van der Waals surface area (Å²) in [5, 5.41) is 11.3. The average molecular weight is 212 g/mol. The highest BCUT2D eigenvalue weighted by Crippen LogP contribution is 2.47. The summed E-state index contributed by atoms with van der Waals surface area (Å²) in [7, 11) is 0. The number of fused-ring (bicyclic) bond motifs is 1. The molecule has 16 heavy (non-hydrogen) atoms. The van der Waals surface area contributed by atoms with Crippen molar-refractivity contribution in [3.8, 4) is 0 Å². The Morgan fingerprint density at radius 1 is 1.12 bits per heavy atom. The van der Waals surface area contributed by atoms with Crippen molar-refractivity contribution in [3.05, 3.63) is 48.0 Å². The highest BCUT2D eigenvalue weighted by atomic mass is 16.4. The molecule has 0 aliphatic heterocycles. The predicted molar refractivity (Wildman–Crippen MR) is 62.4 cm³/mol. The quantitative estimate of drug-likeness (QED) is 0.830. The van der Waals surface area contributed by atoms with Gasteiger partial charge in [0.15, 0.2) is 0 Å². The fourth-order valence-electron chi connectivity index (χ4n) is 2.27. The standard InChI is InChI=1S/C14H12O2/c15-14(16)13-8-12(13)11-6-5-9-3-1-2-4-10(9)7-11/h1-7,12-13H,8H2,(H,15,16). The summed E-state index contributed by atoms with van der Waals surface area (Å²) in [6, 6.07) is 14.4. The van der Waals surface area contributed by atoms with E-state index in [1.807, 2.05) is 12.1 Å². The minimum Gasteiger partial charge on any atom is -0.481 e. The topological polar surface area (TPSA) is 37.3 Å². The second kappa shape index (κ2) is 3.34. The van der Waals surface area contributed by atoms with Gasteiger partial charge in [0.05, 0.1) is 5.92 Å². The molecule has 2 nitrogen and oxygen atoms in total. The number of carboxylic acid groups (broad SMARTS) is 1. The zero-order valence-electron chi connectivity index (χ0n) is 8.76. The number of aliphatic carboxylic acids is 1. The molecule has 0 aromatic heterocycles. The summed E-state index contributed by atoms with van der Waals surface area (Å²) in [6.45, 7) is 0. The molecule has 0 radical (unpaired) electrons. The Balaban J connectivity index is 1.98. The predicted octanol–water partition coefficient (Wildman–Crippen LogP) is 3.03. The maximum Gasteiger partial charge on any atom is 0.307 e. The van der Waals surface area contributed by atoms with Gasteiger partial charge in [-0.25, -0.2) is 0 Å². The van der Waals surface area contributed by atoms with Crippen molar-refractivity contribution in [2.45, 2.75) is 12.3 Å². The van der Waals surface area contributed by atoms with E-state index in [2.05, 4.69) is 30.3 Å². The molecule has 2 aromatic rings. The van der Waals surface area contributed by atoms with E-state index in [0.29, 0.717) is 0 Å². The molecule has 0 spiro atoms. The van der Waals surface area contributed by atoms with E-state index in [-0.39, 0.29) is 11.8 Å². The summed E-state index contributed by atoms with van der Waals surface area (Å²) in [5.74, 6) is -0.610. The van der Waals surface area contributed by atoms with Crippen molar-refractivity contribution < 1.29 is 9.90 Å². The molecule has 0 saturated heterocycles. The van der Waals surface area contributed by atoms with Crippen LogP contribution < -0.4 is 0 Å². The first-order valence-electron chi connectivity index (χ1n) is 5.47. The number of carbonyl (C=O) groups is 1. The third-order valence-electron chi connectivity index (χ3n) is 3.31. The number of hydrogen-bond acceptors (Lipinski definition) is 1. The van der Waals surface area contributed by atoms with Crippen molar-refractivity contribution in [1.82, 2.24) is 0 Å². The fraction of sp³-hybridized carbons (Fsp3) is 0.214. The normalized spacial score (nSPS) is 23.2.